The van der Waals surface area contributed by atoms with E-state index in [4.69, 9.17) is 4.98 Å². The molecule has 0 fully saturated rings. The average Bonchev–Trinajstić information content (AvgIpc) is 3.32. The molecule has 0 saturated carbocycles. The topological polar surface area (TPSA) is 54.9 Å². The highest BCUT2D eigenvalue weighted by Gasteiger charge is 2.25. The summed E-state index contributed by atoms with van der Waals surface area (Å²) in [6.45, 7) is 6.30. The summed E-state index contributed by atoms with van der Waals surface area (Å²) in [5.74, 6) is 0.999. The normalized spacial score (nSPS) is 13.6. The lowest BCUT2D eigenvalue weighted by Crippen LogP contribution is -2.22. The SMILES string of the molecule is CC(C)CCCC(=O)Cc1sc2c(c1-c1nc(-c3ccccn3)cs1)CCNC2. The maximum atomic E-state index is 12.7. The summed E-state index contributed by atoms with van der Waals surface area (Å²) >= 11 is 3.46. The first-order valence-corrected chi connectivity index (χ1v) is 12.0. The van der Waals surface area contributed by atoms with Gasteiger partial charge in [0.1, 0.15) is 16.5 Å². The molecule has 152 valence electrons. The zero-order chi connectivity index (χ0) is 20.2. The Morgan fingerprint density at radius 3 is 2.97 bits per heavy atom. The van der Waals surface area contributed by atoms with Crippen LogP contribution in [-0.2, 0) is 24.2 Å². The second kappa shape index (κ2) is 9.28. The van der Waals surface area contributed by atoms with Crippen molar-refractivity contribution in [1.82, 2.24) is 15.3 Å². The molecule has 1 aliphatic heterocycles. The van der Waals surface area contributed by atoms with Gasteiger partial charge in [-0.25, -0.2) is 4.98 Å². The van der Waals surface area contributed by atoms with Crippen LogP contribution in [0.1, 0.15) is 48.4 Å². The van der Waals surface area contributed by atoms with Crippen LogP contribution in [0, 0.1) is 5.92 Å². The maximum absolute atomic E-state index is 12.7. The van der Waals surface area contributed by atoms with Gasteiger partial charge in [0.05, 0.1) is 5.69 Å². The monoisotopic (exact) mass is 425 g/mol. The molecule has 4 rings (SSSR count). The minimum atomic E-state index is 0.347. The van der Waals surface area contributed by atoms with Gasteiger partial charge in [0.25, 0.3) is 0 Å². The van der Waals surface area contributed by atoms with Crippen LogP contribution in [0.15, 0.2) is 29.8 Å². The molecule has 0 radical (unpaired) electrons. The molecule has 0 aromatic carbocycles. The van der Waals surface area contributed by atoms with Crippen LogP contribution in [0.5, 0.6) is 0 Å². The van der Waals surface area contributed by atoms with E-state index in [9.17, 15) is 4.79 Å². The highest BCUT2D eigenvalue weighted by molar-refractivity contribution is 7.15. The van der Waals surface area contributed by atoms with E-state index in [0.717, 1.165) is 48.7 Å². The lowest BCUT2D eigenvalue weighted by Gasteiger charge is -2.13. The molecule has 0 aliphatic carbocycles. The van der Waals surface area contributed by atoms with E-state index in [1.807, 2.05) is 18.2 Å². The Labute approximate surface area is 180 Å². The second-order valence-electron chi connectivity index (χ2n) is 7.98. The Kier molecular flexibility index (Phi) is 6.53. The van der Waals surface area contributed by atoms with Crippen molar-refractivity contribution < 1.29 is 4.79 Å². The number of rotatable bonds is 8. The van der Waals surface area contributed by atoms with Crippen molar-refractivity contribution in [3.63, 3.8) is 0 Å². The summed E-state index contributed by atoms with van der Waals surface area (Å²) in [7, 11) is 0. The average molecular weight is 426 g/mol. The van der Waals surface area contributed by atoms with Gasteiger partial charge in [-0.2, -0.15) is 0 Å². The van der Waals surface area contributed by atoms with Crippen LogP contribution in [0.4, 0.5) is 0 Å². The van der Waals surface area contributed by atoms with Gasteiger partial charge < -0.3 is 5.32 Å². The standard InChI is InChI=1S/C23H27N3OS2/c1-15(2)6-5-7-16(27)12-20-22(17-9-11-24-13-21(17)29-20)23-26-19(14-28-23)18-8-3-4-10-25-18/h3-4,8,10,14-15,24H,5-7,9,11-13H2,1-2H3. The Morgan fingerprint density at radius 2 is 2.17 bits per heavy atom. The molecule has 3 aromatic heterocycles. The Morgan fingerprint density at radius 1 is 1.28 bits per heavy atom. The number of nitrogens with zero attached hydrogens (tertiary/aromatic N) is 2. The first kappa shape index (κ1) is 20.4. The highest BCUT2D eigenvalue weighted by Crippen LogP contribution is 2.41. The van der Waals surface area contributed by atoms with Crippen LogP contribution in [0.2, 0.25) is 0 Å². The number of hydrogen-bond acceptors (Lipinski definition) is 6. The van der Waals surface area contributed by atoms with Gasteiger partial charge in [-0.15, -0.1) is 22.7 Å². The van der Waals surface area contributed by atoms with Gasteiger partial charge in [-0.05, 0) is 43.0 Å². The molecule has 3 aromatic rings. The number of Topliss-reactive ketones (excluding diaryl/α,β-unsaturated/α-hetero) is 1. The van der Waals surface area contributed by atoms with E-state index in [1.54, 1.807) is 28.9 Å². The molecule has 29 heavy (non-hydrogen) atoms. The summed E-state index contributed by atoms with van der Waals surface area (Å²) < 4.78 is 0. The van der Waals surface area contributed by atoms with Gasteiger partial charge in [0.2, 0.25) is 0 Å². The number of nitrogens with one attached hydrogen (secondary N) is 1. The van der Waals surface area contributed by atoms with Crippen LogP contribution in [0.25, 0.3) is 22.0 Å². The van der Waals surface area contributed by atoms with Crippen LogP contribution in [-0.4, -0.2) is 22.3 Å². The van der Waals surface area contributed by atoms with Crippen LogP contribution in [0.3, 0.4) is 0 Å². The van der Waals surface area contributed by atoms with E-state index in [0.29, 0.717) is 24.5 Å². The number of carbonyl (C=O) groups excluding carboxylic acids is 1. The van der Waals surface area contributed by atoms with Gasteiger partial charge in [-0.3, -0.25) is 9.78 Å². The fourth-order valence-electron chi connectivity index (χ4n) is 3.76. The van der Waals surface area contributed by atoms with Crippen molar-refractivity contribution in [2.45, 2.75) is 52.5 Å². The van der Waals surface area contributed by atoms with Gasteiger partial charge >= 0.3 is 0 Å². The number of ketones is 1. The minimum absolute atomic E-state index is 0.347. The summed E-state index contributed by atoms with van der Waals surface area (Å²) in [4.78, 5) is 24.6. The lowest BCUT2D eigenvalue weighted by molar-refractivity contribution is -0.118. The second-order valence-corrected chi connectivity index (χ2v) is 10.0. The first-order chi connectivity index (χ1) is 14.1. The zero-order valence-electron chi connectivity index (χ0n) is 17.0. The predicted molar refractivity (Wildman–Crippen MR) is 121 cm³/mol. The number of hydrogen-bond donors (Lipinski definition) is 1. The van der Waals surface area contributed by atoms with E-state index in [1.165, 1.54) is 20.9 Å². The molecule has 4 heterocycles. The lowest BCUT2D eigenvalue weighted by atomic mass is 9.99. The largest absolute Gasteiger partial charge is 0.312 e. The van der Waals surface area contributed by atoms with Crippen LogP contribution < -0.4 is 5.32 Å². The van der Waals surface area contributed by atoms with Gasteiger partial charge in [-0.1, -0.05) is 26.3 Å². The van der Waals surface area contributed by atoms with E-state index in [-0.39, 0.29) is 0 Å². The van der Waals surface area contributed by atoms with E-state index >= 15 is 0 Å². The Bertz CT molecular complexity index is 975. The summed E-state index contributed by atoms with van der Waals surface area (Å²) in [5, 5.41) is 6.57. The molecule has 1 N–H and O–H groups in total. The Balaban J connectivity index is 1.61. The molecule has 0 amide bonds. The number of carbonyl (C=O) groups is 1. The van der Waals surface area contributed by atoms with Crippen molar-refractivity contribution in [3.8, 4) is 22.0 Å². The molecule has 0 bridgehead atoms. The molecular weight excluding hydrogens is 398 g/mol. The van der Waals surface area contributed by atoms with Crippen molar-refractivity contribution in [3.05, 3.63) is 45.1 Å². The highest BCUT2D eigenvalue weighted by atomic mass is 32.1. The molecular formula is C23H27N3OS2. The molecule has 0 spiro atoms. The fourth-order valence-corrected chi connectivity index (χ4v) is 6.09. The quantitative estimate of drug-likeness (QED) is 0.516. The molecule has 0 atom stereocenters. The molecule has 0 unspecified atom stereocenters. The molecule has 4 nitrogen and oxygen atoms in total. The van der Waals surface area contributed by atoms with E-state index in [2.05, 4.69) is 29.5 Å². The number of thiazole rings is 1. The van der Waals surface area contributed by atoms with Gasteiger partial charge in [0.15, 0.2) is 0 Å². The molecule has 0 saturated heterocycles. The minimum Gasteiger partial charge on any atom is -0.312 e. The first-order valence-electron chi connectivity index (χ1n) is 10.3. The van der Waals surface area contributed by atoms with Crippen molar-refractivity contribution in [1.29, 1.82) is 0 Å². The van der Waals surface area contributed by atoms with Crippen molar-refractivity contribution in [2.24, 2.45) is 5.92 Å². The fraction of sp³-hybridized carbons (Fsp3) is 0.435. The van der Waals surface area contributed by atoms with Crippen molar-refractivity contribution >= 4 is 28.5 Å². The predicted octanol–water partition coefficient (Wildman–Crippen LogP) is 5.52. The third kappa shape index (κ3) is 4.82. The number of pyridine rings is 1. The third-order valence-electron chi connectivity index (χ3n) is 5.24. The summed E-state index contributed by atoms with van der Waals surface area (Å²) in [5.41, 5.74) is 4.41. The molecule has 6 heteroatoms. The zero-order valence-corrected chi connectivity index (χ0v) is 18.7. The molecule has 1 aliphatic rings. The third-order valence-corrected chi connectivity index (χ3v) is 7.33. The Hall–Kier alpha value is -1.89. The maximum Gasteiger partial charge on any atom is 0.138 e. The van der Waals surface area contributed by atoms with E-state index < -0.39 is 0 Å². The summed E-state index contributed by atoms with van der Waals surface area (Å²) in [6.07, 6.45) is 6.11. The van der Waals surface area contributed by atoms with Crippen LogP contribution >= 0.6 is 22.7 Å². The number of fused-ring (bicyclic) bond motifs is 1. The summed E-state index contributed by atoms with van der Waals surface area (Å²) in [6, 6.07) is 5.90. The number of aromatic nitrogens is 2. The van der Waals surface area contributed by atoms with Crippen molar-refractivity contribution in [2.75, 3.05) is 6.54 Å². The smallest absolute Gasteiger partial charge is 0.138 e. The number of thiophene rings is 1. The van der Waals surface area contributed by atoms with Gasteiger partial charge in [0, 0.05) is 46.3 Å².